The molecule has 33 heavy (non-hydrogen) atoms. The average Bonchev–Trinajstić information content (AvgIpc) is 3.07. The van der Waals surface area contributed by atoms with Gasteiger partial charge in [-0.15, -0.1) is 0 Å². The highest BCUT2D eigenvalue weighted by molar-refractivity contribution is 6.46. The van der Waals surface area contributed by atoms with Crippen molar-refractivity contribution in [1.82, 2.24) is 9.80 Å². The van der Waals surface area contributed by atoms with Gasteiger partial charge in [0.2, 0.25) is 0 Å². The normalized spacial score (nSPS) is 17.5. The van der Waals surface area contributed by atoms with E-state index in [9.17, 15) is 14.7 Å². The smallest absolute Gasteiger partial charge is 0.295 e. The van der Waals surface area contributed by atoms with Crippen LogP contribution in [0.15, 0.2) is 66.8 Å². The van der Waals surface area contributed by atoms with Crippen LogP contribution < -0.4 is 9.47 Å². The fraction of sp³-hybridized carbons (Fsp3) is 0.308. The van der Waals surface area contributed by atoms with Gasteiger partial charge in [0.25, 0.3) is 11.7 Å². The third kappa shape index (κ3) is 5.26. The van der Waals surface area contributed by atoms with Crippen LogP contribution in [0.25, 0.3) is 5.76 Å². The van der Waals surface area contributed by atoms with E-state index in [-0.39, 0.29) is 11.3 Å². The lowest BCUT2D eigenvalue weighted by Crippen LogP contribution is -2.35. The highest BCUT2D eigenvalue weighted by Crippen LogP contribution is 2.42. The van der Waals surface area contributed by atoms with Crippen molar-refractivity contribution in [2.24, 2.45) is 0 Å². The first-order valence-corrected chi connectivity index (χ1v) is 10.9. The minimum Gasteiger partial charge on any atom is -0.507 e. The summed E-state index contributed by atoms with van der Waals surface area (Å²) in [4.78, 5) is 29.5. The van der Waals surface area contributed by atoms with Crippen LogP contribution >= 0.6 is 0 Å². The third-order valence-corrected chi connectivity index (χ3v) is 5.32. The molecule has 1 fully saturated rings. The van der Waals surface area contributed by atoms with E-state index < -0.39 is 17.7 Å². The molecule has 174 valence electrons. The number of rotatable bonds is 10. The molecule has 1 heterocycles. The number of carbonyl (C=O) groups excluding carboxylic acids is 2. The average molecular weight is 451 g/mol. The second-order valence-electron chi connectivity index (χ2n) is 7.90. The second kappa shape index (κ2) is 10.8. The summed E-state index contributed by atoms with van der Waals surface area (Å²) in [5.74, 6) is -0.505. The molecule has 3 rings (SSSR count). The minimum atomic E-state index is -0.752. The fourth-order valence-electron chi connectivity index (χ4n) is 3.75. The molecular weight excluding hydrogens is 420 g/mol. The van der Waals surface area contributed by atoms with Gasteiger partial charge >= 0.3 is 0 Å². The maximum absolute atomic E-state index is 13.1. The quantitative estimate of drug-likeness (QED) is 0.258. The maximum Gasteiger partial charge on any atom is 0.295 e. The number of carbonyl (C=O) groups is 2. The molecule has 0 aliphatic carbocycles. The monoisotopic (exact) mass is 450 g/mol. The van der Waals surface area contributed by atoms with Crippen LogP contribution in [0.4, 0.5) is 0 Å². The Balaban J connectivity index is 2.15. The van der Waals surface area contributed by atoms with Gasteiger partial charge in [-0.25, -0.2) is 0 Å². The van der Waals surface area contributed by atoms with Crippen LogP contribution in [0.1, 0.15) is 24.1 Å². The zero-order chi connectivity index (χ0) is 24.0. The Morgan fingerprint density at radius 1 is 1.12 bits per heavy atom. The number of aliphatic hydroxyl groups is 1. The number of likely N-dealkylation sites (tertiary alicyclic amines) is 1. The van der Waals surface area contributed by atoms with Gasteiger partial charge in [-0.3, -0.25) is 9.59 Å². The molecular formula is C26H30N2O5. The van der Waals surface area contributed by atoms with Gasteiger partial charge in [0.1, 0.15) is 12.4 Å². The van der Waals surface area contributed by atoms with Gasteiger partial charge in [-0.1, -0.05) is 49.1 Å². The highest BCUT2D eigenvalue weighted by atomic mass is 16.5. The first-order valence-electron chi connectivity index (χ1n) is 10.9. The number of hydrogen-bond acceptors (Lipinski definition) is 6. The first kappa shape index (κ1) is 24.1. The number of aliphatic hydroxyl groups excluding tert-OH is 1. The van der Waals surface area contributed by atoms with Crippen LogP contribution in [0.5, 0.6) is 11.5 Å². The van der Waals surface area contributed by atoms with Gasteiger partial charge in [-0.05, 0) is 38.7 Å². The van der Waals surface area contributed by atoms with E-state index in [1.807, 2.05) is 32.0 Å². The van der Waals surface area contributed by atoms with Crippen LogP contribution in [0, 0.1) is 0 Å². The Bertz CT molecular complexity index is 1050. The van der Waals surface area contributed by atoms with Gasteiger partial charge in [0.15, 0.2) is 11.5 Å². The summed E-state index contributed by atoms with van der Waals surface area (Å²) in [6.07, 6.45) is 1.64. The number of nitrogens with zero attached hydrogens (tertiary/aromatic N) is 2. The Morgan fingerprint density at radius 3 is 2.48 bits per heavy atom. The molecule has 2 aromatic rings. The summed E-state index contributed by atoms with van der Waals surface area (Å²) in [5.41, 5.74) is 1.19. The number of amides is 1. The molecule has 1 aliphatic heterocycles. The lowest BCUT2D eigenvalue weighted by atomic mass is 9.95. The zero-order valence-corrected chi connectivity index (χ0v) is 19.3. The van der Waals surface area contributed by atoms with Gasteiger partial charge in [-0.2, -0.15) is 0 Å². The largest absolute Gasteiger partial charge is 0.507 e. The summed E-state index contributed by atoms with van der Waals surface area (Å²) < 4.78 is 11.5. The van der Waals surface area contributed by atoms with Crippen LogP contribution in [0.2, 0.25) is 0 Å². The molecule has 0 spiro atoms. The Morgan fingerprint density at radius 2 is 1.85 bits per heavy atom. The molecule has 1 aliphatic rings. The van der Waals surface area contributed by atoms with Crippen molar-refractivity contribution >= 4 is 17.4 Å². The van der Waals surface area contributed by atoms with E-state index >= 15 is 0 Å². The molecule has 0 aromatic heterocycles. The third-order valence-electron chi connectivity index (χ3n) is 5.32. The predicted octanol–water partition coefficient (Wildman–Crippen LogP) is 3.63. The van der Waals surface area contributed by atoms with Gasteiger partial charge in [0, 0.05) is 18.7 Å². The van der Waals surface area contributed by atoms with Crippen molar-refractivity contribution in [2.75, 3.05) is 40.4 Å². The number of benzene rings is 2. The van der Waals surface area contributed by atoms with E-state index in [1.54, 1.807) is 48.5 Å². The Hall–Kier alpha value is -3.58. The van der Waals surface area contributed by atoms with Crippen molar-refractivity contribution in [1.29, 1.82) is 0 Å². The van der Waals surface area contributed by atoms with Crippen LogP contribution in [0.3, 0.4) is 0 Å². The Labute approximate surface area is 194 Å². The number of ketones is 1. The molecule has 0 radical (unpaired) electrons. The summed E-state index contributed by atoms with van der Waals surface area (Å²) in [7, 11) is 3.79. The van der Waals surface area contributed by atoms with Crippen LogP contribution in [-0.2, 0) is 9.59 Å². The van der Waals surface area contributed by atoms with E-state index in [1.165, 1.54) is 4.90 Å². The Kier molecular flexibility index (Phi) is 7.90. The summed E-state index contributed by atoms with van der Waals surface area (Å²) in [6.45, 7) is 7.15. The molecule has 1 N–H and O–H groups in total. The summed E-state index contributed by atoms with van der Waals surface area (Å²) in [6, 6.07) is 13.3. The molecule has 7 heteroatoms. The first-order chi connectivity index (χ1) is 15.9. The van der Waals surface area contributed by atoms with E-state index in [0.29, 0.717) is 48.9 Å². The van der Waals surface area contributed by atoms with Crippen molar-refractivity contribution < 1.29 is 24.2 Å². The van der Waals surface area contributed by atoms with Crippen molar-refractivity contribution in [3.05, 3.63) is 77.9 Å². The summed E-state index contributed by atoms with van der Waals surface area (Å²) >= 11 is 0. The zero-order valence-electron chi connectivity index (χ0n) is 19.3. The van der Waals surface area contributed by atoms with Gasteiger partial charge < -0.3 is 24.4 Å². The molecule has 2 aromatic carbocycles. The molecule has 1 saturated heterocycles. The molecule has 1 atom stereocenters. The van der Waals surface area contributed by atoms with E-state index in [2.05, 4.69) is 6.58 Å². The number of hydrogen-bond donors (Lipinski definition) is 1. The molecule has 7 nitrogen and oxygen atoms in total. The molecule has 1 unspecified atom stereocenters. The lowest BCUT2D eigenvalue weighted by molar-refractivity contribution is -0.140. The topological polar surface area (TPSA) is 79.3 Å². The predicted molar refractivity (Wildman–Crippen MR) is 127 cm³/mol. The number of likely N-dealkylation sites (N-methyl/N-ethyl adjacent to an activating group) is 1. The minimum absolute atomic E-state index is 0.0622. The fourth-order valence-corrected chi connectivity index (χ4v) is 3.75. The van der Waals surface area contributed by atoms with Crippen LogP contribution in [-0.4, -0.2) is 67.0 Å². The number of Topliss-reactive ketones (excluding diaryl/α,β-unsaturated/α-hetero) is 1. The van der Waals surface area contributed by atoms with E-state index in [4.69, 9.17) is 9.47 Å². The standard InChI is InChI=1S/C26H30N2O5/c1-5-16-33-20-13-12-19(17-21(20)32-6-2)23-22(24(29)18-10-8-7-9-11-18)25(30)26(31)28(23)15-14-27(3)4/h5,7-13,17,23,29H,1,6,14-16H2,2-4H3. The SMILES string of the molecule is C=CCOc1ccc(C2C(=C(O)c3ccccc3)C(=O)C(=O)N2CCN(C)C)cc1OCC. The van der Waals surface area contributed by atoms with Crippen molar-refractivity contribution in [2.45, 2.75) is 13.0 Å². The van der Waals surface area contributed by atoms with Crippen molar-refractivity contribution in [3.63, 3.8) is 0 Å². The molecule has 0 saturated carbocycles. The van der Waals surface area contributed by atoms with Gasteiger partial charge in [0.05, 0.1) is 18.2 Å². The second-order valence-corrected chi connectivity index (χ2v) is 7.90. The van der Waals surface area contributed by atoms with E-state index in [0.717, 1.165) is 0 Å². The van der Waals surface area contributed by atoms with Crippen molar-refractivity contribution in [3.8, 4) is 11.5 Å². The molecule has 0 bridgehead atoms. The lowest BCUT2D eigenvalue weighted by Gasteiger charge is -2.27. The highest BCUT2D eigenvalue weighted by Gasteiger charge is 2.46. The maximum atomic E-state index is 13.1. The number of ether oxygens (including phenoxy) is 2. The summed E-state index contributed by atoms with van der Waals surface area (Å²) in [5, 5.41) is 11.1. The molecule has 1 amide bonds.